The van der Waals surface area contributed by atoms with E-state index in [-0.39, 0.29) is 10.9 Å². The molecule has 1 heterocycles. The van der Waals surface area contributed by atoms with Crippen molar-refractivity contribution in [2.45, 2.75) is 43.5 Å². The Kier molecular flexibility index (Phi) is 4.02. The summed E-state index contributed by atoms with van der Waals surface area (Å²) in [6, 6.07) is 5.07. The van der Waals surface area contributed by atoms with Crippen LogP contribution in [-0.4, -0.2) is 25.3 Å². The standard InChI is InChI=1S/C13H18FNO2S/c1-11-5-3-2-4-10-15(11)18(16,17)13-8-6-12(14)7-9-13/h6-9,11H,2-5,10H2,1H3. The Balaban J connectivity index is 2.31. The zero-order valence-electron chi connectivity index (χ0n) is 10.5. The Morgan fingerprint density at radius 1 is 1.17 bits per heavy atom. The first-order valence-corrected chi connectivity index (χ1v) is 7.73. The molecule has 1 aliphatic rings. The van der Waals surface area contributed by atoms with Gasteiger partial charge in [0, 0.05) is 12.6 Å². The summed E-state index contributed by atoms with van der Waals surface area (Å²) in [5, 5.41) is 0. The molecule has 0 aliphatic carbocycles. The minimum absolute atomic E-state index is 0.0163. The molecule has 1 fully saturated rings. The summed E-state index contributed by atoms with van der Waals surface area (Å²) in [4.78, 5) is 0.178. The van der Waals surface area contributed by atoms with Crippen molar-refractivity contribution in [1.82, 2.24) is 4.31 Å². The second-order valence-corrected chi connectivity index (χ2v) is 6.66. The second kappa shape index (κ2) is 5.36. The minimum Gasteiger partial charge on any atom is -0.207 e. The zero-order chi connectivity index (χ0) is 13.2. The molecule has 0 N–H and O–H groups in total. The molecule has 1 aromatic carbocycles. The predicted octanol–water partition coefficient (Wildman–Crippen LogP) is 2.78. The number of benzene rings is 1. The monoisotopic (exact) mass is 271 g/mol. The zero-order valence-corrected chi connectivity index (χ0v) is 11.3. The van der Waals surface area contributed by atoms with Crippen molar-refractivity contribution in [1.29, 1.82) is 0 Å². The molecule has 1 aromatic rings. The maximum absolute atomic E-state index is 12.9. The highest BCUT2D eigenvalue weighted by Crippen LogP contribution is 2.24. The molecule has 0 spiro atoms. The molecule has 0 radical (unpaired) electrons. The Labute approximate surface area is 108 Å². The summed E-state index contributed by atoms with van der Waals surface area (Å²) >= 11 is 0. The smallest absolute Gasteiger partial charge is 0.207 e. The Morgan fingerprint density at radius 2 is 1.83 bits per heavy atom. The van der Waals surface area contributed by atoms with E-state index in [0.717, 1.165) is 25.7 Å². The van der Waals surface area contributed by atoms with Gasteiger partial charge in [0.2, 0.25) is 10.0 Å². The normalized spacial score (nSPS) is 22.7. The molecule has 100 valence electrons. The number of hydrogen-bond donors (Lipinski definition) is 0. The molecule has 1 atom stereocenters. The van der Waals surface area contributed by atoms with Gasteiger partial charge in [0.05, 0.1) is 4.90 Å². The highest BCUT2D eigenvalue weighted by Gasteiger charge is 2.29. The molecule has 0 aromatic heterocycles. The maximum Gasteiger partial charge on any atom is 0.243 e. The number of hydrogen-bond acceptors (Lipinski definition) is 2. The number of sulfonamides is 1. The van der Waals surface area contributed by atoms with E-state index < -0.39 is 15.8 Å². The third-order valence-electron chi connectivity index (χ3n) is 3.41. The third kappa shape index (κ3) is 2.72. The van der Waals surface area contributed by atoms with Crippen molar-refractivity contribution in [3.63, 3.8) is 0 Å². The van der Waals surface area contributed by atoms with Crippen LogP contribution >= 0.6 is 0 Å². The lowest BCUT2D eigenvalue weighted by Crippen LogP contribution is -2.38. The molecule has 1 unspecified atom stereocenters. The summed E-state index contributed by atoms with van der Waals surface area (Å²) in [5.74, 6) is -0.419. The summed E-state index contributed by atoms with van der Waals surface area (Å²) in [5.41, 5.74) is 0. The van der Waals surface area contributed by atoms with Gasteiger partial charge in [0.1, 0.15) is 5.82 Å². The molecule has 18 heavy (non-hydrogen) atoms. The van der Waals surface area contributed by atoms with Crippen LogP contribution in [0.2, 0.25) is 0 Å². The van der Waals surface area contributed by atoms with E-state index >= 15 is 0 Å². The van der Waals surface area contributed by atoms with Gasteiger partial charge in [-0.25, -0.2) is 12.8 Å². The van der Waals surface area contributed by atoms with Gasteiger partial charge in [-0.2, -0.15) is 4.31 Å². The van der Waals surface area contributed by atoms with Gasteiger partial charge in [-0.15, -0.1) is 0 Å². The fourth-order valence-electron chi connectivity index (χ4n) is 2.35. The van der Waals surface area contributed by atoms with Crippen LogP contribution in [0.15, 0.2) is 29.2 Å². The quantitative estimate of drug-likeness (QED) is 0.829. The minimum atomic E-state index is -3.48. The summed E-state index contributed by atoms with van der Waals surface area (Å²) in [6.07, 6.45) is 3.92. The molecule has 0 amide bonds. The number of halogens is 1. The van der Waals surface area contributed by atoms with Crippen molar-refractivity contribution in [3.05, 3.63) is 30.1 Å². The first-order valence-electron chi connectivity index (χ1n) is 6.29. The van der Waals surface area contributed by atoms with Crippen molar-refractivity contribution < 1.29 is 12.8 Å². The van der Waals surface area contributed by atoms with Crippen molar-refractivity contribution >= 4 is 10.0 Å². The van der Waals surface area contributed by atoms with Crippen molar-refractivity contribution in [2.24, 2.45) is 0 Å². The molecule has 1 saturated heterocycles. The van der Waals surface area contributed by atoms with Gasteiger partial charge in [0.25, 0.3) is 0 Å². The molecular formula is C13H18FNO2S. The second-order valence-electron chi connectivity index (χ2n) is 4.77. The van der Waals surface area contributed by atoms with E-state index in [4.69, 9.17) is 0 Å². The lowest BCUT2D eigenvalue weighted by molar-refractivity contribution is 0.342. The van der Waals surface area contributed by atoms with Gasteiger partial charge in [-0.3, -0.25) is 0 Å². The van der Waals surface area contributed by atoms with Crippen LogP contribution in [0, 0.1) is 5.82 Å². The average Bonchev–Trinajstić information content (AvgIpc) is 2.55. The lowest BCUT2D eigenvalue weighted by atomic mass is 10.1. The lowest BCUT2D eigenvalue weighted by Gasteiger charge is -2.26. The summed E-state index contributed by atoms with van der Waals surface area (Å²) in [6.45, 7) is 2.49. The fraction of sp³-hybridized carbons (Fsp3) is 0.538. The number of nitrogens with zero attached hydrogens (tertiary/aromatic N) is 1. The molecule has 5 heteroatoms. The Morgan fingerprint density at radius 3 is 2.50 bits per heavy atom. The van der Waals surface area contributed by atoms with Crippen LogP contribution in [0.25, 0.3) is 0 Å². The van der Waals surface area contributed by atoms with Gasteiger partial charge in [-0.1, -0.05) is 12.8 Å². The van der Waals surface area contributed by atoms with Crippen molar-refractivity contribution in [2.75, 3.05) is 6.54 Å². The average molecular weight is 271 g/mol. The van der Waals surface area contributed by atoms with Crippen LogP contribution in [0.1, 0.15) is 32.6 Å². The first-order chi connectivity index (χ1) is 8.51. The molecule has 3 nitrogen and oxygen atoms in total. The van der Waals surface area contributed by atoms with E-state index in [1.54, 1.807) is 4.31 Å². The maximum atomic E-state index is 12.9. The van der Waals surface area contributed by atoms with Crippen LogP contribution in [0.5, 0.6) is 0 Å². The van der Waals surface area contributed by atoms with E-state index in [1.807, 2.05) is 6.92 Å². The highest BCUT2D eigenvalue weighted by molar-refractivity contribution is 7.89. The van der Waals surface area contributed by atoms with Crippen LogP contribution in [0.4, 0.5) is 4.39 Å². The first kappa shape index (κ1) is 13.5. The van der Waals surface area contributed by atoms with E-state index in [0.29, 0.717) is 6.54 Å². The van der Waals surface area contributed by atoms with E-state index in [2.05, 4.69) is 0 Å². The molecule has 1 aliphatic heterocycles. The third-order valence-corrected chi connectivity index (χ3v) is 5.44. The van der Waals surface area contributed by atoms with Crippen LogP contribution in [-0.2, 0) is 10.0 Å². The summed E-state index contributed by atoms with van der Waals surface area (Å²) in [7, 11) is -3.48. The van der Waals surface area contributed by atoms with E-state index in [1.165, 1.54) is 24.3 Å². The topological polar surface area (TPSA) is 37.4 Å². The molecule has 0 bridgehead atoms. The fourth-order valence-corrected chi connectivity index (χ4v) is 4.05. The van der Waals surface area contributed by atoms with Crippen LogP contribution in [0.3, 0.4) is 0 Å². The van der Waals surface area contributed by atoms with Crippen LogP contribution < -0.4 is 0 Å². The van der Waals surface area contributed by atoms with Gasteiger partial charge in [-0.05, 0) is 44.0 Å². The number of rotatable bonds is 2. The largest absolute Gasteiger partial charge is 0.243 e. The van der Waals surface area contributed by atoms with Gasteiger partial charge >= 0.3 is 0 Å². The Bertz CT molecular complexity index is 498. The summed E-state index contributed by atoms with van der Waals surface area (Å²) < 4.78 is 39.3. The van der Waals surface area contributed by atoms with Crippen molar-refractivity contribution in [3.8, 4) is 0 Å². The molecular weight excluding hydrogens is 253 g/mol. The highest BCUT2D eigenvalue weighted by atomic mass is 32.2. The SMILES string of the molecule is CC1CCCCCN1S(=O)(=O)c1ccc(F)cc1. The van der Waals surface area contributed by atoms with Gasteiger partial charge < -0.3 is 0 Å². The van der Waals surface area contributed by atoms with E-state index in [9.17, 15) is 12.8 Å². The van der Waals surface area contributed by atoms with Gasteiger partial charge in [0.15, 0.2) is 0 Å². The Hall–Kier alpha value is -0.940. The predicted molar refractivity (Wildman–Crippen MR) is 68.2 cm³/mol. The molecule has 2 rings (SSSR count). The molecule has 0 saturated carbocycles.